The molecule has 0 aromatic heterocycles. The summed E-state index contributed by atoms with van der Waals surface area (Å²) in [6, 6.07) is -3.16. The molecule has 0 bridgehead atoms. The molecule has 1 aromatic rings. The van der Waals surface area contributed by atoms with E-state index in [1.807, 2.05) is 13.8 Å². The van der Waals surface area contributed by atoms with Crippen LogP contribution >= 0.6 is 0 Å². The monoisotopic (exact) mass is 1000 g/mol. The van der Waals surface area contributed by atoms with Crippen LogP contribution in [-0.2, 0) is 49.6 Å². The van der Waals surface area contributed by atoms with Crippen molar-refractivity contribution < 1.29 is 53.4 Å². The van der Waals surface area contributed by atoms with E-state index in [1.54, 1.807) is 67.5 Å². The number of hydrogen-bond donors (Lipinski definition) is 12. The van der Waals surface area contributed by atoms with Crippen LogP contribution in [0.3, 0.4) is 0 Å². The highest BCUT2D eigenvalue weighted by Gasteiger charge is 2.39. The molecule has 1 fully saturated rings. The maximum Gasteiger partial charge on any atom is 0.326 e. The fraction of sp³-hybridized carbons (Fsp3) is 0.667. The Kier molecular flexibility index (Phi) is 24.7. The molecule has 8 amide bonds. The maximum absolute atomic E-state index is 14.3. The average molecular weight is 1000 g/mol. The number of amides is 8. The number of carbonyl (C=O) groups is 9. The Balaban J connectivity index is 2.33. The zero-order chi connectivity index (χ0) is 53.9. The standard InChI is InChI=1S/C48H80N12O11/c1-24(2)21-32(42(65)59-39(28(9)10)47(70)71)54-35(62)23-53-44(67)37(26(5)6)58-45(68)38(27(7)8)57-40(63)31(13-11-19-52-48(50)51)55-41(64)33(22-29-15-17-30(61)18-16-29)56-43(66)34-14-12-20-60(34)46(69)36(49)25(3)4/h15-18,24-28,31-34,36-39,61H,11-14,19-23,49H2,1-10H3,(H,53,67)(H,54,62)(H,55,64)(H,56,66)(H,57,63)(H,58,68)(H,59,65)(H,70,71)(H4,50,51,52)/t31-,32-,33-,34-,36-,37-,38-,39-/m0/s1. The van der Waals surface area contributed by atoms with E-state index in [1.165, 1.54) is 17.0 Å². The summed E-state index contributed by atoms with van der Waals surface area (Å²) in [5, 5.41) is 37.9. The van der Waals surface area contributed by atoms with Crippen molar-refractivity contribution in [2.75, 3.05) is 19.6 Å². The average Bonchev–Trinajstić information content (AvgIpc) is 3.78. The van der Waals surface area contributed by atoms with Gasteiger partial charge in [0.1, 0.15) is 48.0 Å². The van der Waals surface area contributed by atoms with Gasteiger partial charge in [-0.1, -0.05) is 81.4 Å². The smallest absolute Gasteiger partial charge is 0.326 e. The third-order valence-corrected chi connectivity index (χ3v) is 11.9. The van der Waals surface area contributed by atoms with Crippen molar-refractivity contribution in [2.24, 2.45) is 51.8 Å². The second-order valence-electron chi connectivity index (χ2n) is 19.9. The minimum Gasteiger partial charge on any atom is -0.508 e. The third kappa shape index (κ3) is 20.0. The van der Waals surface area contributed by atoms with E-state index in [9.17, 15) is 53.4 Å². The molecule has 71 heavy (non-hydrogen) atoms. The van der Waals surface area contributed by atoms with Crippen molar-refractivity contribution in [3.63, 3.8) is 0 Å². The summed E-state index contributed by atoms with van der Waals surface area (Å²) in [6.45, 7) is 16.9. The molecule has 0 radical (unpaired) electrons. The summed E-state index contributed by atoms with van der Waals surface area (Å²) >= 11 is 0. The highest BCUT2D eigenvalue weighted by molar-refractivity contribution is 5.98. The molecule has 1 aromatic carbocycles. The number of nitrogens with zero attached hydrogens (tertiary/aromatic N) is 2. The summed E-state index contributed by atoms with van der Waals surface area (Å²) in [4.78, 5) is 127. The number of benzene rings is 1. The Morgan fingerprint density at radius 1 is 0.676 bits per heavy atom. The zero-order valence-electron chi connectivity index (χ0n) is 42.9. The molecule has 2 rings (SSSR count). The number of likely N-dealkylation sites (tertiary alicyclic amines) is 1. The lowest BCUT2D eigenvalue weighted by Gasteiger charge is -2.30. The van der Waals surface area contributed by atoms with Gasteiger partial charge < -0.3 is 69.5 Å². The third-order valence-electron chi connectivity index (χ3n) is 11.9. The number of phenolic OH excluding ortho intramolecular Hbond substituents is 1. The molecule has 1 saturated heterocycles. The molecule has 398 valence electrons. The summed E-state index contributed by atoms with van der Waals surface area (Å²) in [6.07, 6.45) is 1.11. The van der Waals surface area contributed by atoms with Crippen LogP contribution in [0.15, 0.2) is 29.3 Å². The number of aliphatic carboxylic acids is 1. The molecule has 0 spiro atoms. The predicted molar refractivity (Wildman–Crippen MR) is 265 cm³/mol. The van der Waals surface area contributed by atoms with E-state index in [0.717, 1.165) is 0 Å². The quantitative estimate of drug-likeness (QED) is 0.0275. The normalized spacial score (nSPS) is 16.5. The van der Waals surface area contributed by atoms with Gasteiger partial charge in [0.05, 0.1) is 12.6 Å². The van der Waals surface area contributed by atoms with E-state index >= 15 is 0 Å². The first-order chi connectivity index (χ1) is 33.1. The van der Waals surface area contributed by atoms with E-state index in [4.69, 9.17) is 17.2 Å². The van der Waals surface area contributed by atoms with Gasteiger partial charge in [0.25, 0.3) is 0 Å². The number of carbonyl (C=O) groups excluding carboxylic acids is 8. The molecule has 8 atom stereocenters. The van der Waals surface area contributed by atoms with Crippen molar-refractivity contribution in [2.45, 2.75) is 156 Å². The van der Waals surface area contributed by atoms with Crippen LogP contribution in [0.5, 0.6) is 5.75 Å². The van der Waals surface area contributed by atoms with Crippen molar-refractivity contribution in [1.29, 1.82) is 0 Å². The molecule has 1 aliphatic heterocycles. The number of aliphatic imine (C=N–C) groups is 1. The zero-order valence-corrected chi connectivity index (χ0v) is 42.9. The number of hydrogen-bond acceptors (Lipinski definition) is 12. The minimum atomic E-state index is -1.32. The fourth-order valence-corrected chi connectivity index (χ4v) is 7.73. The van der Waals surface area contributed by atoms with Gasteiger partial charge in [-0.2, -0.15) is 0 Å². The number of aromatic hydroxyl groups is 1. The lowest BCUT2D eigenvalue weighted by molar-refractivity contribution is -0.143. The highest BCUT2D eigenvalue weighted by atomic mass is 16.4. The van der Waals surface area contributed by atoms with Crippen LogP contribution in [0.25, 0.3) is 0 Å². The topological polar surface area (TPSA) is 372 Å². The van der Waals surface area contributed by atoms with Gasteiger partial charge in [0.2, 0.25) is 47.3 Å². The number of nitrogens with two attached hydrogens (primary N) is 3. The SMILES string of the molecule is CC(C)C[C@H](NC(=O)CNC(=O)[C@@H](NC(=O)[C@@H](NC(=O)[C@H](CCCN=C(N)N)NC(=O)[C@H](Cc1ccc(O)cc1)NC(=O)[C@@H]1CCCN1C(=O)[C@@H](N)C(C)C)C(C)C)C(C)C)C(=O)N[C@H](C(=O)O)C(C)C. The Morgan fingerprint density at radius 2 is 1.21 bits per heavy atom. The van der Waals surface area contributed by atoms with Gasteiger partial charge >= 0.3 is 5.97 Å². The molecule has 15 N–H and O–H groups in total. The molecule has 0 saturated carbocycles. The Bertz CT molecular complexity index is 2020. The predicted octanol–water partition coefficient (Wildman–Crippen LogP) is -0.914. The Labute approximate surface area is 416 Å². The summed E-state index contributed by atoms with van der Waals surface area (Å²) in [5.74, 6) is -8.74. The van der Waals surface area contributed by atoms with Crippen LogP contribution in [0.2, 0.25) is 0 Å². The van der Waals surface area contributed by atoms with Gasteiger partial charge in [-0.25, -0.2) is 4.79 Å². The number of carboxylic acid groups (broad SMARTS) is 1. The van der Waals surface area contributed by atoms with Crippen LogP contribution in [0.1, 0.15) is 107 Å². The van der Waals surface area contributed by atoms with Crippen molar-refractivity contribution >= 4 is 59.2 Å². The summed E-state index contributed by atoms with van der Waals surface area (Å²) in [7, 11) is 0. The molecule has 0 aliphatic carbocycles. The number of carboxylic acids is 1. The number of phenols is 1. The van der Waals surface area contributed by atoms with Crippen LogP contribution < -0.4 is 54.4 Å². The molecule has 1 aliphatic rings. The summed E-state index contributed by atoms with van der Waals surface area (Å²) < 4.78 is 0. The first-order valence-electron chi connectivity index (χ1n) is 24.4. The van der Waals surface area contributed by atoms with Gasteiger partial charge in [-0.15, -0.1) is 0 Å². The Morgan fingerprint density at radius 3 is 1.75 bits per heavy atom. The first-order valence-corrected chi connectivity index (χ1v) is 24.4. The highest BCUT2D eigenvalue weighted by Crippen LogP contribution is 2.21. The van der Waals surface area contributed by atoms with E-state index in [-0.39, 0.29) is 55.8 Å². The maximum atomic E-state index is 14.3. The van der Waals surface area contributed by atoms with Crippen LogP contribution in [0, 0.1) is 29.6 Å². The molecule has 23 nitrogen and oxygen atoms in total. The Hall–Kier alpha value is -6.52. The lowest BCUT2D eigenvalue weighted by atomic mass is 9.98. The lowest BCUT2D eigenvalue weighted by Crippen LogP contribution is -2.61. The molecule has 23 heteroatoms. The molecule has 1 heterocycles. The van der Waals surface area contributed by atoms with Crippen molar-refractivity contribution in [3.05, 3.63) is 29.8 Å². The fourth-order valence-electron chi connectivity index (χ4n) is 7.73. The van der Waals surface area contributed by atoms with Gasteiger partial charge in [0, 0.05) is 19.5 Å². The van der Waals surface area contributed by atoms with Crippen LogP contribution in [0.4, 0.5) is 0 Å². The van der Waals surface area contributed by atoms with Crippen molar-refractivity contribution in [3.8, 4) is 5.75 Å². The van der Waals surface area contributed by atoms with E-state index < -0.39 is 126 Å². The number of guanidine groups is 1. The van der Waals surface area contributed by atoms with Gasteiger partial charge in [0.15, 0.2) is 5.96 Å². The molecular weight excluding hydrogens is 921 g/mol. The van der Waals surface area contributed by atoms with Crippen LogP contribution in [-0.4, -0.2) is 142 Å². The second kappa shape index (κ2) is 29.0. The summed E-state index contributed by atoms with van der Waals surface area (Å²) in [5.41, 5.74) is 17.8. The van der Waals surface area contributed by atoms with Crippen molar-refractivity contribution in [1.82, 2.24) is 42.1 Å². The van der Waals surface area contributed by atoms with E-state index in [2.05, 4.69) is 42.2 Å². The first kappa shape index (κ1) is 60.6. The van der Waals surface area contributed by atoms with Gasteiger partial charge in [-0.3, -0.25) is 43.3 Å². The number of nitrogens with one attached hydrogen (secondary N) is 7. The van der Waals surface area contributed by atoms with Gasteiger partial charge in [-0.05, 0) is 79.4 Å². The van der Waals surface area contributed by atoms with E-state index in [0.29, 0.717) is 24.9 Å². The number of rotatable bonds is 28. The largest absolute Gasteiger partial charge is 0.508 e. The molecular formula is C48H80N12O11. The second-order valence-corrected chi connectivity index (χ2v) is 19.9. The minimum absolute atomic E-state index is 0.0283. The molecule has 0 unspecified atom stereocenters.